The van der Waals surface area contributed by atoms with E-state index in [-0.39, 0.29) is 31.2 Å². The van der Waals surface area contributed by atoms with Crippen LogP contribution in [0.25, 0.3) is 0 Å². The quantitative estimate of drug-likeness (QED) is 0.394. The number of rotatable bonds is 8. The van der Waals surface area contributed by atoms with Gasteiger partial charge >= 0.3 is 0 Å². The molecule has 0 saturated carbocycles. The van der Waals surface area contributed by atoms with Crippen LogP contribution < -0.4 is 16.9 Å². The number of halogens is 2. The summed E-state index contributed by atoms with van der Waals surface area (Å²) in [6.45, 7) is 4.99. The number of allylic oxidation sites excluding steroid dienone is 1. The van der Waals surface area contributed by atoms with Crippen LogP contribution in [0.3, 0.4) is 0 Å². The standard InChI is InChI=1S/C26H33F2N5O2/c1-16(2)21-10-9-19(11-22(21)28)25(18-7-5-4-6-8-18)31-26(35)23-12-20(27)14-32(23)24(34)15-33(30)17(3)13-29/h4-11,13,16,20,23,25H,12,14-15,29-30H2,1-3H3,(H,31,35)/b17-13-/t20-,23+,25+/m1/s1. The molecule has 3 atom stereocenters. The Balaban J connectivity index is 1.86. The summed E-state index contributed by atoms with van der Waals surface area (Å²) >= 11 is 0. The normalized spacial score (nSPS) is 19.1. The monoisotopic (exact) mass is 485 g/mol. The molecule has 35 heavy (non-hydrogen) atoms. The molecule has 0 aromatic heterocycles. The number of hydrogen-bond acceptors (Lipinski definition) is 5. The molecular weight excluding hydrogens is 452 g/mol. The number of nitrogens with two attached hydrogens (primary N) is 2. The molecule has 0 aliphatic carbocycles. The second-order valence-electron chi connectivity index (χ2n) is 9.12. The second kappa shape index (κ2) is 11.3. The molecule has 5 N–H and O–H groups in total. The lowest BCUT2D eigenvalue weighted by atomic mass is 9.94. The highest BCUT2D eigenvalue weighted by Gasteiger charge is 2.40. The summed E-state index contributed by atoms with van der Waals surface area (Å²) in [5.41, 5.74) is 7.77. The summed E-state index contributed by atoms with van der Waals surface area (Å²) in [5.74, 6) is 4.48. The third-order valence-corrected chi connectivity index (χ3v) is 6.27. The zero-order valence-corrected chi connectivity index (χ0v) is 20.2. The molecule has 0 unspecified atom stereocenters. The molecule has 1 fully saturated rings. The lowest BCUT2D eigenvalue weighted by Crippen LogP contribution is -2.50. The summed E-state index contributed by atoms with van der Waals surface area (Å²) in [4.78, 5) is 27.4. The average molecular weight is 486 g/mol. The number of nitrogens with zero attached hydrogens (tertiary/aromatic N) is 2. The Kier molecular flexibility index (Phi) is 8.45. The number of alkyl halides is 1. The van der Waals surface area contributed by atoms with Crippen LogP contribution in [0.2, 0.25) is 0 Å². The molecule has 1 aliphatic rings. The van der Waals surface area contributed by atoms with Crippen LogP contribution in [0.1, 0.15) is 55.8 Å². The van der Waals surface area contributed by atoms with Gasteiger partial charge in [-0.25, -0.2) is 14.6 Å². The molecule has 0 radical (unpaired) electrons. The van der Waals surface area contributed by atoms with E-state index in [1.54, 1.807) is 19.1 Å². The van der Waals surface area contributed by atoms with Gasteiger partial charge in [-0.1, -0.05) is 56.3 Å². The molecule has 1 saturated heterocycles. The molecule has 3 rings (SSSR count). The Morgan fingerprint density at radius 2 is 1.89 bits per heavy atom. The van der Waals surface area contributed by atoms with Crippen molar-refractivity contribution in [1.29, 1.82) is 0 Å². The van der Waals surface area contributed by atoms with E-state index in [0.717, 1.165) is 10.6 Å². The number of nitrogens with one attached hydrogen (secondary N) is 1. The van der Waals surface area contributed by atoms with Crippen molar-refractivity contribution in [1.82, 2.24) is 15.2 Å². The summed E-state index contributed by atoms with van der Waals surface area (Å²) in [5, 5.41) is 4.07. The van der Waals surface area contributed by atoms with Gasteiger partial charge in [0.2, 0.25) is 11.8 Å². The van der Waals surface area contributed by atoms with Gasteiger partial charge in [0, 0.05) is 18.3 Å². The molecule has 1 aliphatic heterocycles. The van der Waals surface area contributed by atoms with Crippen molar-refractivity contribution < 1.29 is 18.4 Å². The maximum absolute atomic E-state index is 14.8. The molecule has 7 nitrogen and oxygen atoms in total. The van der Waals surface area contributed by atoms with E-state index >= 15 is 0 Å². The van der Waals surface area contributed by atoms with Crippen molar-refractivity contribution in [2.75, 3.05) is 13.1 Å². The smallest absolute Gasteiger partial charge is 0.244 e. The summed E-state index contributed by atoms with van der Waals surface area (Å²) in [7, 11) is 0. The zero-order valence-electron chi connectivity index (χ0n) is 20.2. The molecule has 188 valence electrons. The fraction of sp³-hybridized carbons (Fsp3) is 0.385. The molecule has 1 heterocycles. The van der Waals surface area contributed by atoms with Crippen LogP contribution >= 0.6 is 0 Å². The van der Waals surface area contributed by atoms with Crippen molar-refractivity contribution in [2.45, 2.75) is 51.4 Å². The maximum atomic E-state index is 14.8. The average Bonchev–Trinajstić information content (AvgIpc) is 3.24. The van der Waals surface area contributed by atoms with E-state index in [1.807, 2.05) is 44.2 Å². The molecule has 0 bridgehead atoms. The fourth-order valence-electron chi connectivity index (χ4n) is 4.20. The molecule has 2 amide bonds. The van der Waals surface area contributed by atoms with Crippen molar-refractivity contribution in [3.63, 3.8) is 0 Å². The van der Waals surface area contributed by atoms with Gasteiger partial charge in [0.05, 0.1) is 12.6 Å². The van der Waals surface area contributed by atoms with Gasteiger partial charge in [0.15, 0.2) is 0 Å². The highest BCUT2D eigenvalue weighted by molar-refractivity contribution is 5.89. The maximum Gasteiger partial charge on any atom is 0.244 e. The van der Waals surface area contributed by atoms with Gasteiger partial charge in [0.25, 0.3) is 0 Å². The Morgan fingerprint density at radius 3 is 2.49 bits per heavy atom. The predicted molar refractivity (Wildman–Crippen MR) is 131 cm³/mol. The van der Waals surface area contributed by atoms with Gasteiger partial charge in [0.1, 0.15) is 24.6 Å². The minimum Gasteiger partial charge on any atom is -0.403 e. The van der Waals surface area contributed by atoms with Gasteiger partial charge in [-0.3, -0.25) is 9.59 Å². The SMILES string of the molecule is C/C(=C/N)N(N)CC(=O)N1C[C@H](F)C[C@H]1C(=O)N[C@@H](c1ccccc1)c1ccc(C(C)C)c(F)c1. The Hall–Kier alpha value is -3.46. The van der Waals surface area contributed by atoms with Crippen LogP contribution in [-0.4, -0.2) is 47.0 Å². The molecule has 2 aromatic carbocycles. The van der Waals surface area contributed by atoms with E-state index in [4.69, 9.17) is 11.6 Å². The van der Waals surface area contributed by atoms with Crippen molar-refractivity contribution in [3.8, 4) is 0 Å². The minimum atomic E-state index is -1.34. The first-order valence-corrected chi connectivity index (χ1v) is 11.6. The lowest BCUT2D eigenvalue weighted by Gasteiger charge is -2.29. The minimum absolute atomic E-state index is 0.00762. The van der Waals surface area contributed by atoms with Crippen LogP contribution in [0, 0.1) is 5.82 Å². The molecular formula is C26H33F2N5O2. The summed E-state index contributed by atoms with van der Waals surface area (Å²) in [6, 6.07) is 12.3. The van der Waals surface area contributed by atoms with Crippen molar-refractivity contribution >= 4 is 11.8 Å². The third kappa shape index (κ3) is 6.16. The first-order valence-electron chi connectivity index (χ1n) is 11.6. The van der Waals surface area contributed by atoms with E-state index in [9.17, 15) is 18.4 Å². The van der Waals surface area contributed by atoms with Crippen molar-refractivity contribution in [2.24, 2.45) is 11.6 Å². The van der Waals surface area contributed by atoms with Gasteiger partial charge in [-0.2, -0.15) is 0 Å². The van der Waals surface area contributed by atoms with Crippen molar-refractivity contribution in [3.05, 3.63) is 82.9 Å². The number of hydrazine groups is 1. The largest absolute Gasteiger partial charge is 0.403 e. The Bertz CT molecular complexity index is 1080. The number of carbonyl (C=O) groups excluding carboxylic acids is 2. The van der Waals surface area contributed by atoms with Gasteiger partial charge in [-0.15, -0.1) is 0 Å². The van der Waals surface area contributed by atoms with Gasteiger partial charge < -0.3 is 21.0 Å². The van der Waals surface area contributed by atoms with E-state index in [2.05, 4.69) is 5.32 Å². The van der Waals surface area contributed by atoms with Gasteiger partial charge in [-0.05, 0) is 35.6 Å². The lowest BCUT2D eigenvalue weighted by molar-refractivity contribution is -0.139. The Labute approximate surface area is 204 Å². The predicted octanol–water partition coefficient (Wildman–Crippen LogP) is 3.09. The topological polar surface area (TPSA) is 105 Å². The first kappa shape index (κ1) is 26.2. The number of benzene rings is 2. The van der Waals surface area contributed by atoms with Crippen LogP contribution in [-0.2, 0) is 9.59 Å². The number of likely N-dealkylation sites (tertiary alicyclic amines) is 1. The number of hydrogen-bond donors (Lipinski definition) is 3. The van der Waals surface area contributed by atoms with E-state index < -0.39 is 30.1 Å². The highest BCUT2D eigenvalue weighted by Crippen LogP contribution is 2.28. The first-order chi connectivity index (χ1) is 16.6. The van der Waals surface area contributed by atoms with Crippen LogP contribution in [0.5, 0.6) is 0 Å². The number of carbonyl (C=O) groups is 2. The fourth-order valence-corrected chi connectivity index (χ4v) is 4.20. The van der Waals surface area contributed by atoms with E-state index in [1.165, 1.54) is 17.2 Å². The van der Waals surface area contributed by atoms with Crippen LogP contribution in [0.4, 0.5) is 8.78 Å². The number of amides is 2. The Morgan fingerprint density at radius 1 is 1.20 bits per heavy atom. The highest BCUT2D eigenvalue weighted by atomic mass is 19.1. The molecule has 2 aromatic rings. The summed E-state index contributed by atoms with van der Waals surface area (Å²) < 4.78 is 29.2. The molecule has 0 spiro atoms. The second-order valence-corrected chi connectivity index (χ2v) is 9.12. The van der Waals surface area contributed by atoms with Crippen LogP contribution in [0.15, 0.2) is 60.4 Å². The third-order valence-electron chi connectivity index (χ3n) is 6.27. The van der Waals surface area contributed by atoms with E-state index in [0.29, 0.717) is 16.8 Å². The summed E-state index contributed by atoms with van der Waals surface area (Å²) in [6.07, 6.45) is -0.214. The zero-order chi connectivity index (χ0) is 25.7. The molecule has 9 heteroatoms.